The van der Waals surface area contributed by atoms with Crippen LogP contribution in [-0.2, 0) is 11.3 Å². The highest BCUT2D eigenvalue weighted by molar-refractivity contribution is 5.75. The Bertz CT molecular complexity index is 604. The van der Waals surface area contributed by atoms with Gasteiger partial charge < -0.3 is 5.32 Å². The van der Waals surface area contributed by atoms with E-state index >= 15 is 0 Å². The third kappa shape index (κ3) is 3.69. The largest absolute Gasteiger partial charge is 0.349 e. The van der Waals surface area contributed by atoms with Crippen molar-refractivity contribution in [2.75, 3.05) is 0 Å². The number of hydrogen-bond donors (Lipinski definition) is 1. The number of nitrogens with zero attached hydrogens (tertiary/aromatic N) is 4. The van der Waals surface area contributed by atoms with Crippen molar-refractivity contribution in [3.63, 3.8) is 0 Å². The Hall–Kier alpha value is -2.24. The number of amides is 1. The van der Waals surface area contributed by atoms with E-state index in [4.69, 9.17) is 0 Å². The molecule has 0 atom stereocenters. The Balaban J connectivity index is 1.51. The first-order valence-electron chi connectivity index (χ1n) is 7.92. The lowest BCUT2D eigenvalue weighted by molar-refractivity contribution is -0.121. The van der Waals surface area contributed by atoms with Gasteiger partial charge in [0.15, 0.2) is 5.82 Å². The molecular formula is C16H21N5O. The molecule has 1 aliphatic carbocycles. The van der Waals surface area contributed by atoms with Crippen molar-refractivity contribution in [2.45, 2.75) is 45.1 Å². The van der Waals surface area contributed by atoms with Gasteiger partial charge in [0.2, 0.25) is 5.91 Å². The van der Waals surface area contributed by atoms with Crippen molar-refractivity contribution in [1.29, 1.82) is 0 Å². The van der Waals surface area contributed by atoms with E-state index in [1.165, 1.54) is 25.7 Å². The lowest BCUT2D eigenvalue weighted by atomic mass is 10.0. The van der Waals surface area contributed by atoms with E-state index in [2.05, 4.69) is 20.8 Å². The molecule has 0 bridgehead atoms. The number of rotatable bonds is 6. The number of tetrazole rings is 1. The van der Waals surface area contributed by atoms with Crippen LogP contribution in [0, 0.1) is 5.92 Å². The van der Waals surface area contributed by atoms with Crippen LogP contribution in [0.2, 0.25) is 0 Å². The summed E-state index contributed by atoms with van der Waals surface area (Å²) in [5.41, 5.74) is 0.891. The van der Waals surface area contributed by atoms with Crippen LogP contribution < -0.4 is 5.32 Å². The molecule has 2 aromatic rings. The summed E-state index contributed by atoms with van der Waals surface area (Å²) in [4.78, 5) is 12.0. The zero-order valence-electron chi connectivity index (χ0n) is 12.6. The summed E-state index contributed by atoms with van der Waals surface area (Å²) < 4.78 is 1.65. The lowest BCUT2D eigenvalue weighted by Crippen LogP contribution is -2.25. The SMILES string of the molecule is O=C(CCC1CCCC1)NCc1nnnn1-c1ccccc1. The number of nitrogens with one attached hydrogen (secondary N) is 1. The molecule has 1 aliphatic rings. The third-order valence-electron chi connectivity index (χ3n) is 4.23. The molecule has 1 fully saturated rings. The summed E-state index contributed by atoms with van der Waals surface area (Å²) >= 11 is 0. The van der Waals surface area contributed by atoms with Gasteiger partial charge in [0.05, 0.1) is 12.2 Å². The maximum atomic E-state index is 12.0. The van der Waals surface area contributed by atoms with E-state index in [0.717, 1.165) is 18.0 Å². The number of para-hydroxylation sites is 1. The minimum Gasteiger partial charge on any atom is -0.349 e. The van der Waals surface area contributed by atoms with Crippen molar-refractivity contribution in [3.05, 3.63) is 36.2 Å². The van der Waals surface area contributed by atoms with E-state index in [1.54, 1.807) is 4.68 Å². The Kier molecular flexibility index (Phi) is 4.78. The zero-order valence-corrected chi connectivity index (χ0v) is 12.6. The molecule has 22 heavy (non-hydrogen) atoms. The molecular weight excluding hydrogens is 278 g/mol. The lowest BCUT2D eigenvalue weighted by Gasteiger charge is -2.09. The Morgan fingerprint density at radius 2 is 2.00 bits per heavy atom. The topological polar surface area (TPSA) is 72.7 Å². The van der Waals surface area contributed by atoms with Crippen LogP contribution in [0.5, 0.6) is 0 Å². The van der Waals surface area contributed by atoms with Crippen LogP contribution in [0.25, 0.3) is 5.69 Å². The molecule has 0 radical (unpaired) electrons. The first-order valence-corrected chi connectivity index (χ1v) is 7.92. The van der Waals surface area contributed by atoms with Gasteiger partial charge in [-0.2, -0.15) is 4.68 Å². The van der Waals surface area contributed by atoms with Crippen molar-refractivity contribution < 1.29 is 4.79 Å². The summed E-state index contributed by atoms with van der Waals surface area (Å²) in [6.45, 7) is 0.353. The Labute approximate surface area is 129 Å². The van der Waals surface area contributed by atoms with Crippen LogP contribution in [-0.4, -0.2) is 26.1 Å². The number of carbonyl (C=O) groups is 1. The fraction of sp³-hybridized carbons (Fsp3) is 0.500. The summed E-state index contributed by atoms with van der Waals surface area (Å²) in [7, 11) is 0. The van der Waals surface area contributed by atoms with Gasteiger partial charge in [-0.15, -0.1) is 5.10 Å². The molecule has 3 rings (SSSR count). The van der Waals surface area contributed by atoms with Crippen LogP contribution >= 0.6 is 0 Å². The molecule has 1 N–H and O–H groups in total. The van der Waals surface area contributed by atoms with E-state index in [1.807, 2.05) is 30.3 Å². The number of carbonyl (C=O) groups excluding carboxylic acids is 1. The second-order valence-corrected chi connectivity index (χ2v) is 5.81. The molecule has 1 saturated carbocycles. The molecule has 6 nitrogen and oxygen atoms in total. The zero-order chi connectivity index (χ0) is 15.2. The van der Waals surface area contributed by atoms with Gasteiger partial charge in [0, 0.05) is 6.42 Å². The smallest absolute Gasteiger partial charge is 0.220 e. The van der Waals surface area contributed by atoms with Crippen LogP contribution in [0.15, 0.2) is 30.3 Å². The minimum absolute atomic E-state index is 0.0783. The average molecular weight is 299 g/mol. The molecule has 1 heterocycles. The number of hydrogen-bond acceptors (Lipinski definition) is 4. The van der Waals surface area contributed by atoms with Crippen LogP contribution in [0.4, 0.5) is 0 Å². The highest BCUT2D eigenvalue weighted by Crippen LogP contribution is 2.28. The van der Waals surface area contributed by atoms with Gasteiger partial charge in [-0.1, -0.05) is 43.9 Å². The number of aromatic nitrogens is 4. The highest BCUT2D eigenvalue weighted by atomic mass is 16.1. The summed E-state index contributed by atoms with van der Waals surface area (Å²) in [6, 6.07) is 9.67. The molecule has 1 aromatic carbocycles. The number of benzene rings is 1. The van der Waals surface area contributed by atoms with Crippen LogP contribution in [0.1, 0.15) is 44.3 Å². The standard InChI is InChI=1S/C16H21N5O/c22-16(11-10-13-6-4-5-7-13)17-12-15-18-19-20-21(15)14-8-2-1-3-9-14/h1-3,8-9,13H,4-7,10-12H2,(H,17,22). The van der Waals surface area contributed by atoms with Gasteiger partial charge in [-0.3, -0.25) is 4.79 Å². The quantitative estimate of drug-likeness (QED) is 0.888. The second kappa shape index (κ2) is 7.15. The molecule has 1 amide bonds. The van der Waals surface area contributed by atoms with Crippen molar-refractivity contribution in [3.8, 4) is 5.69 Å². The van der Waals surface area contributed by atoms with Crippen LogP contribution in [0.3, 0.4) is 0 Å². The fourth-order valence-electron chi connectivity index (χ4n) is 2.99. The minimum atomic E-state index is 0.0783. The maximum absolute atomic E-state index is 12.0. The second-order valence-electron chi connectivity index (χ2n) is 5.81. The van der Waals surface area contributed by atoms with Gasteiger partial charge in [0.25, 0.3) is 0 Å². The van der Waals surface area contributed by atoms with E-state index < -0.39 is 0 Å². The van der Waals surface area contributed by atoms with E-state index in [-0.39, 0.29) is 5.91 Å². The molecule has 0 saturated heterocycles. The molecule has 0 unspecified atom stereocenters. The third-order valence-corrected chi connectivity index (χ3v) is 4.23. The Morgan fingerprint density at radius 1 is 1.23 bits per heavy atom. The predicted molar refractivity (Wildman–Crippen MR) is 82.2 cm³/mol. The maximum Gasteiger partial charge on any atom is 0.220 e. The molecule has 0 aliphatic heterocycles. The predicted octanol–water partition coefficient (Wildman–Crippen LogP) is 2.25. The summed E-state index contributed by atoms with van der Waals surface area (Å²) in [6.07, 6.45) is 6.78. The van der Waals surface area contributed by atoms with Crippen molar-refractivity contribution in [2.24, 2.45) is 5.92 Å². The van der Waals surface area contributed by atoms with E-state index in [0.29, 0.717) is 18.8 Å². The fourth-order valence-corrected chi connectivity index (χ4v) is 2.99. The summed E-state index contributed by atoms with van der Waals surface area (Å²) in [5.74, 6) is 1.45. The molecule has 116 valence electrons. The summed E-state index contributed by atoms with van der Waals surface area (Å²) in [5, 5.41) is 14.6. The first kappa shape index (κ1) is 14.7. The molecule has 1 aromatic heterocycles. The molecule has 6 heteroatoms. The van der Waals surface area contributed by atoms with Crippen molar-refractivity contribution >= 4 is 5.91 Å². The molecule has 0 spiro atoms. The highest BCUT2D eigenvalue weighted by Gasteiger charge is 2.16. The first-order chi connectivity index (χ1) is 10.8. The van der Waals surface area contributed by atoms with E-state index in [9.17, 15) is 4.79 Å². The monoisotopic (exact) mass is 299 g/mol. The van der Waals surface area contributed by atoms with Crippen molar-refractivity contribution in [1.82, 2.24) is 25.5 Å². The van der Waals surface area contributed by atoms with Gasteiger partial charge in [0.1, 0.15) is 0 Å². The van der Waals surface area contributed by atoms with Gasteiger partial charge in [-0.25, -0.2) is 0 Å². The van der Waals surface area contributed by atoms with Gasteiger partial charge in [-0.05, 0) is 34.9 Å². The average Bonchev–Trinajstić information content (AvgIpc) is 3.23. The van der Waals surface area contributed by atoms with Gasteiger partial charge >= 0.3 is 0 Å². The normalized spacial score (nSPS) is 15.1. The Morgan fingerprint density at radius 3 is 2.77 bits per heavy atom.